The molecule has 0 saturated heterocycles. The van der Waals surface area contributed by atoms with Gasteiger partial charge in [0.2, 0.25) is 0 Å². The normalized spacial score (nSPS) is 14.4. The molecule has 1 N–H and O–H groups in total. The van der Waals surface area contributed by atoms with Crippen molar-refractivity contribution in [2.45, 2.75) is 20.8 Å². The first-order chi connectivity index (χ1) is 13.9. The van der Waals surface area contributed by atoms with Crippen LogP contribution in [0.4, 0.5) is 11.4 Å². The maximum atomic E-state index is 13.5. The number of aryl methyl sites for hydroxylation is 3. The number of amides is 1. The molecule has 0 aliphatic carbocycles. The third kappa shape index (κ3) is 3.13. The van der Waals surface area contributed by atoms with Crippen LogP contribution in [-0.4, -0.2) is 17.0 Å². The number of hydrogen-bond donors (Lipinski definition) is 1. The van der Waals surface area contributed by atoms with Gasteiger partial charge in [0, 0.05) is 11.3 Å². The van der Waals surface area contributed by atoms with E-state index in [2.05, 4.69) is 0 Å². The monoisotopic (exact) mass is 383 g/mol. The molecule has 4 heteroatoms. The van der Waals surface area contributed by atoms with Crippen LogP contribution in [0.2, 0.25) is 0 Å². The molecule has 0 radical (unpaired) electrons. The van der Waals surface area contributed by atoms with Gasteiger partial charge in [0.25, 0.3) is 5.91 Å². The summed E-state index contributed by atoms with van der Waals surface area (Å²) in [7, 11) is 0. The third-order valence-electron chi connectivity index (χ3n) is 5.40. The fourth-order valence-corrected chi connectivity index (χ4v) is 3.87. The number of nitrogens with zero attached hydrogens (tertiary/aromatic N) is 1. The highest BCUT2D eigenvalue weighted by molar-refractivity contribution is 6.38. The summed E-state index contributed by atoms with van der Waals surface area (Å²) in [5.41, 5.74) is 7.53. The van der Waals surface area contributed by atoms with Gasteiger partial charge in [-0.1, -0.05) is 30.3 Å². The van der Waals surface area contributed by atoms with E-state index in [1.807, 2.05) is 63.2 Å². The summed E-state index contributed by atoms with van der Waals surface area (Å²) in [6.07, 6.45) is 1.98. The topological polar surface area (TPSA) is 57.6 Å². The van der Waals surface area contributed by atoms with Crippen LogP contribution < -0.4 is 4.90 Å². The highest BCUT2D eigenvalue weighted by atomic mass is 16.4. The van der Waals surface area contributed by atoms with Crippen molar-refractivity contribution in [1.29, 1.82) is 0 Å². The van der Waals surface area contributed by atoms with Crippen molar-refractivity contribution in [1.82, 2.24) is 0 Å². The molecule has 3 aromatic carbocycles. The Morgan fingerprint density at radius 2 is 1.45 bits per heavy atom. The summed E-state index contributed by atoms with van der Waals surface area (Å²) in [5.74, 6) is -1.10. The molecule has 1 amide bonds. The van der Waals surface area contributed by atoms with Crippen molar-refractivity contribution in [2.24, 2.45) is 0 Å². The Morgan fingerprint density at radius 1 is 0.862 bits per heavy atom. The Morgan fingerprint density at radius 3 is 2.07 bits per heavy atom. The molecule has 1 aliphatic heterocycles. The molecule has 0 unspecified atom stereocenters. The van der Waals surface area contributed by atoms with Gasteiger partial charge >= 0.3 is 5.97 Å². The first-order valence-electron chi connectivity index (χ1n) is 9.44. The lowest BCUT2D eigenvalue weighted by atomic mass is 9.96. The first-order valence-corrected chi connectivity index (χ1v) is 9.44. The predicted octanol–water partition coefficient (Wildman–Crippen LogP) is 5.53. The van der Waals surface area contributed by atoms with Crippen molar-refractivity contribution < 1.29 is 14.7 Å². The van der Waals surface area contributed by atoms with Crippen molar-refractivity contribution in [3.8, 4) is 0 Å². The van der Waals surface area contributed by atoms with Gasteiger partial charge in [-0.2, -0.15) is 0 Å². The van der Waals surface area contributed by atoms with Crippen LogP contribution in [0.25, 0.3) is 11.6 Å². The zero-order valence-electron chi connectivity index (χ0n) is 16.6. The van der Waals surface area contributed by atoms with Gasteiger partial charge in [0.1, 0.15) is 0 Å². The molecule has 0 bridgehead atoms. The smallest absolute Gasteiger partial charge is 0.335 e. The summed E-state index contributed by atoms with van der Waals surface area (Å²) in [4.78, 5) is 26.3. The number of benzene rings is 3. The van der Waals surface area contributed by atoms with E-state index in [4.69, 9.17) is 5.11 Å². The average molecular weight is 383 g/mol. The molecule has 3 aromatic rings. The van der Waals surface area contributed by atoms with Gasteiger partial charge in [-0.05, 0) is 79.4 Å². The highest BCUT2D eigenvalue weighted by Gasteiger charge is 2.34. The quantitative estimate of drug-likeness (QED) is 0.605. The van der Waals surface area contributed by atoms with Crippen LogP contribution in [0.15, 0.2) is 60.7 Å². The van der Waals surface area contributed by atoms with Gasteiger partial charge in [0.05, 0.1) is 16.8 Å². The molecule has 0 spiro atoms. The Kier molecular flexibility index (Phi) is 4.55. The minimum absolute atomic E-state index is 0.111. The molecule has 0 aromatic heterocycles. The molecule has 1 heterocycles. The third-order valence-corrected chi connectivity index (χ3v) is 5.40. The van der Waals surface area contributed by atoms with Gasteiger partial charge in [-0.25, -0.2) is 4.79 Å². The second kappa shape index (κ2) is 7.06. The number of carbonyl (C=O) groups is 2. The van der Waals surface area contributed by atoms with E-state index in [9.17, 15) is 9.59 Å². The summed E-state index contributed by atoms with van der Waals surface area (Å²) in [6, 6.07) is 18.4. The molecular formula is C25H21NO3. The summed E-state index contributed by atoms with van der Waals surface area (Å²) in [6.45, 7) is 6.08. The molecule has 0 saturated carbocycles. The molecule has 144 valence electrons. The number of carbonyl (C=O) groups excluding carboxylic acids is 1. The summed E-state index contributed by atoms with van der Waals surface area (Å²) < 4.78 is 0. The SMILES string of the molecule is Cc1cccc(C)c1/C=C1\C(=O)N(c2ccc(C(=O)O)cc2)c2cccc(C)c21. The number of aromatic carboxylic acids is 1. The summed E-state index contributed by atoms with van der Waals surface area (Å²) in [5, 5.41) is 9.16. The zero-order valence-corrected chi connectivity index (χ0v) is 16.6. The van der Waals surface area contributed by atoms with Crippen molar-refractivity contribution in [2.75, 3.05) is 4.90 Å². The van der Waals surface area contributed by atoms with Crippen molar-refractivity contribution in [3.63, 3.8) is 0 Å². The number of fused-ring (bicyclic) bond motifs is 1. The zero-order chi connectivity index (χ0) is 20.7. The lowest BCUT2D eigenvalue weighted by Crippen LogP contribution is -2.20. The van der Waals surface area contributed by atoms with E-state index in [1.165, 1.54) is 12.1 Å². The standard InChI is InChI=1S/C25H21NO3/c1-15-6-4-7-16(2)20(15)14-21-23-17(3)8-5-9-22(23)26(24(21)27)19-12-10-18(11-13-19)25(28)29/h4-14H,1-3H3,(H,28,29)/b21-14-. The van der Waals surface area contributed by atoms with Gasteiger partial charge in [-0.3, -0.25) is 9.69 Å². The highest BCUT2D eigenvalue weighted by Crippen LogP contribution is 2.44. The molecular weight excluding hydrogens is 362 g/mol. The number of carboxylic acids is 1. The lowest BCUT2D eigenvalue weighted by molar-refractivity contribution is -0.112. The fraction of sp³-hybridized carbons (Fsp3) is 0.120. The Bertz CT molecular complexity index is 1150. The van der Waals surface area contributed by atoms with E-state index in [0.717, 1.165) is 33.5 Å². The Labute approximate surface area is 169 Å². The Balaban J connectivity index is 1.89. The molecule has 4 rings (SSSR count). The van der Waals surface area contributed by atoms with Gasteiger partial charge in [-0.15, -0.1) is 0 Å². The van der Waals surface area contributed by atoms with E-state index < -0.39 is 5.97 Å². The largest absolute Gasteiger partial charge is 0.478 e. The van der Waals surface area contributed by atoms with E-state index >= 15 is 0 Å². The van der Waals surface area contributed by atoms with Crippen molar-refractivity contribution >= 4 is 34.9 Å². The fourth-order valence-electron chi connectivity index (χ4n) is 3.87. The lowest BCUT2D eigenvalue weighted by Gasteiger charge is -2.17. The number of carboxylic acid groups (broad SMARTS) is 1. The molecule has 0 atom stereocenters. The Hall–Kier alpha value is -3.66. The predicted molar refractivity (Wildman–Crippen MR) is 116 cm³/mol. The van der Waals surface area contributed by atoms with Gasteiger partial charge in [0.15, 0.2) is 0 Å². The van der Waals surface area contributed by atoms with E-state index in [1.54, 1.807) is 17.0 Å². The van der Waals surface area contributed by atoms with Gasteiger partial charge < -0.3 is 5.11 Å². The average Bonchev–Trinajstić information content (AvgIpc) is 2.97. The molecule has 0 fully saturated rings. The molecule has 29 heavy (non-hydrogen) atoms. The first kappa shape index (κ1) is 18.7. The van der Waals surface area contributed by atoms with Crippen LogP contribution >= 0.6 is 0 Å². The minimum Gasteiger partial charge on any atom is -0.478 e. The molecule has 4 nitrogen and oxygen atoms in total. The number of hydrogen-bond acceptors (Lipinski definition) is 2. The minimum atomic E-state index is -0.990. The number of anilines is 2. The van der Waals surface area contributed by atoms with Crippen molar-refractivity contribution in [3.05, 3.63) is 94.0 Å². The van der Waals surface area contributed by atoms with E-state index in [-0.39, 0.29) is 11.5 Å². The number of rotatable bonds is 3. The van der Waals surface area contributed by atoms with Crippen LogP contribution in [0.3, 0.4) is 0 Å². The van der Waals surface area contributed by atoms with Crippen LogP contribution in [0.5, 0.6) is 0 Å². The molecule has 1 aliphatic rings. The van der Waals surface area contributed by atoms with Crippen LogP contribution in [-0.2, 0) is 4.79 Å². The van der Waals surface area contributed by atoms with E-state index in [0.29, 0.717) is 11.3 Å². The second-order valence-electron chi connectivity index (χ2n) is 7.33. The second-order valence-corrected chi connectivity index (χ2v) is 7.33. The summed E-state index contributed by atoms with van der Waals surface area (Å²) >= 11 is 0. The van der Waals surface area contributed by atoms with Crippen LogP contribution in [0, 0.1) is 20.8 Å². The van der Waals surface area contributed by atoms with Crippen LogP contribution in [0.1, 0.15) is 38.2 Å². The maximum absolute atomic E-state index is 13.5. The maximum Gasteiger partial charge on any atom is 0.335 e.